The number of hydrogen-bond acceptors (Lipinski definition) is 3. The van der Waals surface area contributed by atoms with Gasteiger partial charge in [-0.1, -0.05) is 37.9 Å². The Kier molecular flexibility index (Phi) is 5.07. The Labute approximate surface area is 113 Å². The lowest BCUT2D eigenvalue weighted by atomic mass is 9.79. The molecule has 1 aliphatic carbocycles. The highest BCUT2D eigenvalue weighted by Gasteiger charge is 2.43. The van der Waals surface area contributed by atoms with Crippen molar-refractivity contribution in [1.82, 2.24) is 4.90 Å². The number of carbonyl (C=O) groups is 2. The second kappa shape index (κ2) is 6.13. The molecule has 0 spiro atoms. The van der Waals surface area contributed by atoms with E-state index in [9.17, 15) is 9.59 Å². The number of primary amides is 1. The summed E-state index contributed by atoms with van der Waals surface area (Å²) in [6.45, 7) is -0.0941. The number of nitrogens with zero attached hydrogens (tertiary/aromatic N) is 1. The first-order chi connectivity index (χ1) is 8.40. The number of rotatable bonds is 4. The molecular formula is C12H21N3O2S. The van der Waals surface area contributed by atoms with Crippen molar-refractivity contribution in [2.75, 3.05) is 13.6 Å². The maximum Gasteiger partial charge on any atom is 0.237 e. The van der Waals surface area contributed by atoms with Gasteiger partial charge in [0, 0.05) is 7.05 Å². The van der Waals surface area contributed by atoms with Crippen molar-refractivity contribution in [3.05, 3.63) is 0 Å². The second-order valence-electron chi connectivity index (χ2n) is 4.99. The fourth-order valence-corrected chi connectivity index (χ4v) is 2.86. The predicted molar refractivity (Wildman–Crippen MR) is 73.8 cm³/mol. The van der Waals surface area contributed by atoms with Crippen LogP contribution in [0, 0.1) is 5.41 Å². The van der Waals surface area contributed by atoms with Crippen LogP contribution in [0.2, 0.25) is 0 Å². The molecule has 102 valence electrons. The normalized spacial score (nSPS) is 18.7. The van der Waals surface area contributed by atoms with Gasteiger partial charge in [-0.2, -0.15) is 0 Å². The van der Waals surface area contributed by atoms with E-state index in [0.717, 1.165) is 25.7 Å². The van der Waals surface area contributed by atoms with Crippen LogP contribution in [0.25, 0.3) is 0 Å². The van der Waals surface area contributed by atoms with Gasteiger partial charge in [0.25, 0.3) is 0 Å². The lowest BCUT2D eigenvalue weighted by molar-refractivity contribution is -0.140. The van der Waals surface area contributed by atoms with E-state index in [1.165, 1.54) is 4.90 Å². The zero-order chi connectivity index (χ0) is 13.8. The molecule has 0 radical (unpaired) electrons. The number of amides is 2. The van der Waals surface area contributed by atoms with E-state index in [4.69, 9.17) is 23.7 Å². The third-order valence-electron chi connectivity index (χ3n) is 3.58. The molecule has 1 aliphatic rings. The number of thiocarbonyl (C=S) groups is 1. The van der Waals surface area contributed by atoms with Crippen LogP contribution in [0.15, 0.2) is 0 Å². The Balaban J connectivity index is 2.92. The molecule has 0 aromatic carbocycles. The van der Waals surface area contributed by atoms with Crippen LogP contribution < -0.4 is 11.5 Å². The van der Waals surface area contributed by atoms with Gasteiger partial charge in [0.2, 0.25) is 11.8 Å². The Morgan fingerprint density at radius 1 is 1.17 bits per heavy atom. The van der Waals surface area contributed by atoms with Gasteiger partial charge in [-0.15, -0.1) is 0 Å². The van der Waals surface area contributed by atoms with Crippen molar-refractivity contribution >= 4 is 29.0 Å². The van der Waals surface area contributed by atoms with Crippen LogP contribution in [0.4, 0.5) is 0 Å². The zero-order valence-electron chi connectivity index (χ0n) is 10.8. The Bertz CT molecular complexity index is 349. The molecule has 1 fully saturated rings. The minimum absolute atomic E-state index is 0.0941. The van der Waals surface area contributed by atoms with E-state index in [2.05, 4.69) is 0 Å². The predicted octanol–water partition coefficient (Wildman–Crippen LogP) is 0.557. The van der Waals surface area contributed by atoms with Gasteiger partial charge in [-0.3, -0.25) is 9.59 Å². The van der Waals surface area contributed by atoms with Gasteiger partial charge in [0.05, 0.1) is 16.9 Å². The largest absolute Gasteiger partial charge is 0.392 e. The third kappa shape index (κ3) is 3.19. The Hall–Kier alpha value is -1.17. The average molecular weight is 271 g/mol. The van der Waals surface area contributed by atoms with Crippen LogP contribution in [0.1, 0.15) is 38.5 Å². The molecule has 1 rings (SSSR count). The van der Waals surface area contributed by atoms with E-state index in [0.29, 0.717) is 12.8 Å². The molecule has 0 bridgehead atoms. The minimum atomic E-state index is -0.782. The molecule has 18 heavy (non-hydrogen) atoms. The number of likely N-dealkylation sites (N-methyl/N-ethyl adjacent to an activating group) is 1. The SMILES string of the molecule is CN(CC(N)=O)C(=O)C1(C(N)=S)CCCCCC1. The first-order valence-electron chi connectivity index (χ1n) is 6.24. The van der Waals surface area contributed by atoms with Gasteiger partial charge in [0.1, 0.15) is 0 Å². The van der Waals surface area contributed by atoms with E-state index >= 15 is 0 Å². The molecule has 0 aromatic heterocycles. The highest BCUT2D eigenvalue weighted by molar-refractivity contribution is 7.80. The van der Waals surface area contributed by atoms with E-state index in [-0.39, 0.29) is 17.4 Å². The molecule has 0 aromatic rings. The molecule has 1 saturated carbocycles. The first kappa shape index (κ1) is 14.9. The maximum atomic E-state index is 12.5. The minimum Gasteiger partial charge on any atom is -0.392 e. The molecule has 2 amide bonds. The second-order valence-corrected chi connectivity index (χ2v) is 5.43. The van der Waals surface area contributed by atoms with Gasteiger partial charge < -0.3 is 16.4 Å². The number of nitrogens with two attached hydrogens (primary N) is 2. The molecule has 6 heteroatoms. The molecular weight excluding hydrogens is 250 g/mol. The summed E-state index contributed by atoms with van der Waals surface area (Å²) >= 11 is 5.11. The van der Waals surface area contributed by atoms with Crippen LogP contribution in [0.5, 0.6) is 0 Å². The average Bonchev–Trinajstić information content (AvgIpc) is 2.53. The van der Waals surface area contributed by atoms with Crippen molar-refractivity contribution in [2.45, 2.75) is 38.5 Å². The van der Waals surface area contributed by atoms with Crippen molar-refractivity contribution < 1.29 is 9.59 Å². The van der Waals surface area contributed by atoms with Crippen molar-refractivity contribution in [1.29, 1.82) is 0 Å². The lowest BCUT2D eigenvalue weighted by Gasteiger charge is -2.33. The van der Waals surface area contributed by atoms with Gasteiger partial charge in [-0.05, 0) is 12.8 Å². The molecule has 0 aliphatic heterocycles. The van der Waals surface area contributed by atoms with Crippen LogP contribution >= 0.6 is 12.2 Å². The quantitative estimate of drug-likeness (QED) is 0.577. The van der Waals surface area contributed by atoms with Gasteiger partial charge >= 0.3 is 0 Å². The highest BCUT2D eigenvalue weighted by Crippen LogP contribution is 2.37. The van der Waals surface area contributed by atoms with E-state index in [1.54, 1.807) is 7.05 Å². The molecule has 0 saturated heterocycles. The van der Waals surface area contributed by atoms with Crippen molar-refractivity contribution in [2.24, 2.45) is 16.9 Å². The van der Waals surface area contributed by atoms with Crippen molar-refractivity contribution in [3.63, 3.8) is 0 Å². The highest BCUT2D eigenvalue weighted by atomic mass is 32.1. The smallest absolute Gasteiger partial charge is 0.237 e. The summed E-state index contributed by atoms with van der Waals surface area (Å²) in [6.07, 6.45) is 5.41. The standard InChI is InChI=1S/C12H21N3O2S/c1-15(8-9(13)16)11(17)12(10(14)18)6-4-2-3-5-7-12/h2-8H2,1H3,(H2,13,16)(H2,14,18). The molecule has 4 N–H and O–H groups in total. The first-order valence-corrected chi connectivity index (χ1v) is 6.65. The van der Waals surface area contributed by atoms with Crippen LogP contribution in [-0.4, -0.2) is 35.3 Å². The fraction of sp³-hybridized carbons (Fsp3) is 0.750. The Morgan fingerprint density at radius 3 is 2.06 bits per heavy atom. The molecule has 5 nitrogen and oxygen atoms in total. The summed E-state index contributed by atoms with van der Waals surface area (Å²) in [7, 11) is 1.57. The summed E-state index contributed by atoms with van der Waals surface area (Å²) in [5, 5.41) is 0. The third-order valence-corrected chi connectivity index (χ3v) is 3.97. The topological polar surface area (TPSA) is 89.4 Å². The van der Waals surface area contributed by atoms with Crippen LogP contribution in [-0.2, 0) is 9.59 Å². The molecule has 0 unspecified atom stereocenters. The van der Waals surface area contributed by atoms with Crippen LogP contribution in [0.3, 0.4) is 0 Å². The van der Waals surface area contributed by atoms with E-state index < -0.39 is 11.3 Å². The zero-order valence-corrected chi connectivity index (χ0v) is 11.6. The molecule has 0 atom stereocenters. The number of hydrogen-bond donors (Lipinski definition) is 2. The summed E-state index contributed by atoms with van der Waals surface area (Å²) in [5.74, 6) is -0.701. The van der Waals surface area contributed by atoms with E-state index in [1.807, 2.05) is 0 Å². The Morgan fingerprint density at radius 2 is 1.67 bits per heavy atom. The van der Waals surface area contributed by atoms with Gasteiger partial charge in [0.15, 0.2) is 0 Å². The van der Waals surface area contributed by atoms with Gasteiger partial charge in [-0.25, -0.2) is 0 Å². The van der Waals surface area contributed by atoms with Crippen molar-refractivity contribution in [3.8, 4) is 0 Å². The maximum absolute atomic E-state index is 12.5. The number of carbonyl (C=O) groups excluding carboxylic acids is 2. The summed E-state index contributed by atoms with van der Waals surface area (Å²) < 4.78 is 0. The summed E-state index contributed by atoms with van der Waals surface area (Å²) in [6, 6.07) is 0. The summed E-state index contributed by atoms with van der Waals surface area (Å²) in [4.78, 5) is 25.0. The monoisotopic (exact) mass is 271 g/mol. The fourth-order valence-electron chi connectivity index (χ4n) is 2.57. The molecule has 0 heterocycles. The summed E-state index contributed by atoms with van der Waals surface area (Å²) in [5.41, 5.74) is 10.1. The lowest BCUT2D eigenvalue weighted by Crippen LogP contribution is -2.51.